The number of amides is 1. The number of rotatable bonds is 3. The van der Waals surface area contributed by atoms with Gasteiger partial charge in [-0.1, -0.05) is 12.1 Å². The summed E-state index contributed by atoms with van der Waals surface area (Å²) >= 11 is 0. The second kappa shape index (κ2) is 5.84. The lowest BCUT2D eigenvalue weighted by Gasteiger charge is -2.29. The highest BCUT2D eigenvalue weighted by Gasteiger charge is 2.24. The fourth-order valence-electron chi connectivity index (χ4n) is 2.01. The van der Waals surface area contributed by atoms with Gasteiger partial charge in [0.15, 0.2) is 6.10 Å². The molecule has 1 aliphatic heterocycles. The zero-order valence-electron chi connectivity index (χ0n) is 10.4. The molecule has 1 fully saturated rings. The molecule has 0 spiro atoms. The highest BCUT2D eigenvalue weighted by atomic mass is 16.5. The Morgan fingerprint density at radius 2 is 2.17 bits per heavy atom. The molecule has 1 heterocycles. The van der Waals surface area contributed by atoms with Crippen molar-refractivity contribution in [3.05, 3.63) is 29.8 Å². The number of aliphatic hydroxyl groups is 1. The van der Waals surface area contributed by atoms with E-state index in [0.717, 1.165) is 13.1 Å². The van der Waals surface area contributed by atoms with E-state index in [1.165, 1.54) is 0 Å². The molecule has 2 rings (SSSR count). The minimum absolute atomic E-state index is 0.246. The summed E-state index contributed by atoms with van der Waals surface area (Å²) in [5.41, 5.74) is 0.567. The van der Waals surface area contributed by atoms with Gasteiger partial charge < -0.3 is 20.1 Å². The summed E-state index contributed by atoms with van der Waals surface area (Å²) in [6.07, 6.45) is -1.11. The van der Waals surface area contributed by atoms with Crippen LogP contribution in [-0.4, -0.2) is 49.2 Å². The average molecular weight is 250 g/mol. The van der Waals surface area contributed by atoms with Crippen LogP contribution in [0.5, 0.6) is 5.75 Å². The van der Waals surface area contributed by atoms with Crippen molar-refractivity contribution in [3.8, 4) is 5.75 Å². The molecule has 0 saturated carbocycles. The standard InChI is InChI=1S/C13H18N2O3/c1-18-11-4-2-3-10(9-11)12(16)13(17)15-7-5-14-6-8-15/h2-4,9,12,14,16H,5-8H2,1H3. The molecule has 1 aromatic rings. The molecule has 0 bridgehead atoms. The fraction of sp³-hybridized carbons (Fsp3) is 0.462. The molecule has 1 unspecified atom stereocenters. The molecule has 1 aromatic carbocycles. The highest BCUT2D eigenvalue weighted by Crippen LogP contribution is 2.20. The first-order valence-corrected chi connectivity index (χ1v) is 6.04. The lowest BCUT2D eigenvalue weighted by Crippen LogP contribution is -2.48. The Morgan fingerprint density at radius 3 is 2.83 bits per heavy atom. The predicted molar refractivity (Wildman–Crippen MR) is 67.4 cm³/mol. The van der Waals surface area contributed by atoms with Crippen LogP contribution in [0.1, 0.15) is 11.7 Å². The van der Waals surface area contributed by atoms with Crippen molar-refractivity contribution in [2.45, 2.75) is 6.10 Å². The molecular formula is C13H18N2O3. The Kier molecular flexibility index (Phi) is 4.17. The van der Waals surface area contributed by atoms with Crippen LogP contribution in [-0.2, 0) is 4.79 Å². The largest absolute Gasteiger partial charge is 0.497 e. The zero-order valence-corrected chi connectivity index (χ0v) is 10.4. The van der Waals surface area contributed by atoms with Crippen LogP contribution in [0.2, 0.25) is 0 Å². The van der Waals surface area contributed by atoms with Crippen molar-refractivity contribution < 1.29 is 14.6 Å². The molecule has 0 radical (unpaired) electrons. The van der Waals surface area contributed by atoms with Gasteiger partial charge in [0.05, 0.1) is 7.11 Å². The molecule has 0 aliphatic carbocycles. The number of hydrogen-bond acceptors (Lipinski definition) is 4. The third kappa shape index (κ3) is 2.80. The number of ether oxygens (including phenoxy) is 1. The Balaban J connectivity index is 2.09. The molecule has 5 heteroatoms. The number of methoxy groups -OCH3 is 1. The Morgan fingerprint density at radius 1 is 1.44 bits per heavy atom. The van der Waals surface area contributed by atoms with Crippen molar-refractivity contribution in [2.75, 3.05) is 33.3 Å². The number of nitrogens with one attached hydrogen (secondary N) is 1. The normalized spacial score (nSPS) is 17.3. The monoisotopic (exact) mass is 250 g/mol. The van der Waals surface area contributed by atoms with E-state index >= 15 is 0 Å². The van der Waals surface area contributed by atoms with Gasteiger partial charge in [-0.15, -0.1) is 0 Å². The van der Waals surface area contributed by atoms with Gasteiger partial charge in [-0.25, -0.2) is 0 Å². The van der Waals surface area contributed by atoms with E-state index in [2.05, 4.69) is 5.32 Å². The van der Waals surface area contributed by atoms with Crippen LogP contribution in [0.3, 0.4) is 0 Å². The Hall–Kier alpha value is -1.59. The molecule has 1 aliphatic rings. The maximum atomic E-state index is 12.1. The van der Waals surface area contributed by atoms with Gasteiger partial charge in [-0.2, -0.15) is 0 Å². The Bertz CT molecular complexity index is 416. The predicted octanol–water partition coefficient (Wildman–Crippen LogP) is 0.160. The molecule has 5 nitrogen and oxygen atoms in total. The SMILES string of the molecule is COc1cccc(C(O)C(=O)N2CCNCC2)c1. The van der Waals surface area contributed by atoms with Crippen molar-refractivity contribution in [1.82, 2.24) is 10.2 Å². The van der Waals surface area contributed by atoms with Crippen molar-refractivity contribution >= 4 is 5.91 Å². The molecule has 0 aromatic heterocycles. The molecule has 2 N–H and O–H groups in total. The smallest absolute Gasteiger partial charge is 0.256 e. The zero-order chi connectivity index (χ0) is 13.0. The summed E-state index contributed by atoms with van der Waals surface area (Å²) in [7, 11) is 1.56. The molecule has 1 amide bonds. The summed E-state index contributed by atoms with van der Waals surface area (Å²) in [6.45, 7) is 2.83. The molecule has 1 saturated heterocycles. The van der Waals surface area contributed by atoms with Gasteiger partial charge in [0.2, 0.25) is 0 Å². The summed E-state index contributed by atoms with van der Waals surface area (Å²) in [5, 5.41) is 13.3. The highest BCUT2D eigenvalue weighted by molar-refractivity contribution is 5.82. The van der Waals surface area contributed by atoms with Crippen LogP contribution in [0.25, 0.3) is 0 Å². The van der Waals surface area contributed by atoms with Gasteiger partial charge in [0, 0.05) is 26.2 Å². The van der Waals surface area contributed by atoms with E-state index in [1.54, 1.807) is 36.3 Å². The maximum absolute atomic E-state index is 12.1. The summed E-state index contributed by atoms with van der Waals surface area (Å²) in [5.74, 6) is 0.393. The van der Waals surface area contributed by atoms with Gasteiger partial charge in [0.25, 0.3) is 5.91 Å². The van der Waals surface area contributed by atoms with E-state index in [9.17, 15) is 9.90 Å². The first-order valence-electron chi connectivity index (χ1n) is 6.04. The van der Waals surface area contributed by atoms with Crippen molar-refractivity contribution in [1.29, 1.82) is 0 Å². The van der Waals surface area contributed by atoms with Gasteiger partial charge in [-0.3, -0.25) is 4.79 Å². The second-order valence-electron chi connectivity index (χ2n) is 4.25. The van der Waals surface area contributed by atoms with Crippen LogP contribution in [0.15, 0.2) is 24.3 Å². The third-order valence-electron chi connectivity index (χ3n) is 3.07. The molecular weight excluding hydrogens is 232 g/mol. The number of aliphatic hydroxyl groups excluding tert-OH is 1. The van der Waals surface area contributed by atoms with Gasteiger partial charge >= 0.3 is 0 Å². The molecule has 1 atom stereocenters. The quantitative estimate of drug-likeness (QED) is 0.802. The van der Waals surface area contributed by atoms with Crippen LogP contribution < -0.4 is 10.1 Å². The minimum atomic E-state index is -1.11. The summed E-state index contributed by atoms with van der Waals surface area (Å²) < 4.78 is 5.08. The lowest BCUT2D eigenvalue weighted by atomic mass is 10.1. The second-order valence-corrected chi connectivity index (χ2v) is 4.25. The van der Waals surface area contributed by atoms with E-state index in [0.29, 0.717) is 24.4 Å². The third-order valence-corrected chi connectivity index (χ3v) is 3.07. The Labute approximate surface area is 106 Å². The van der Waals surface area contributed by atoms with E-state index in [1.807, 2.05) is 0 Å². The van der Waals surface area contributed by atoms with Crippen molar-refractivity contribution in [2.24, 2.45) is 0 Å². The number of carbonyl (C=O) groups excluding carboxylic acids is 1. The fourth-order valence-corrected chi connectivity index (χ4v) is 2.01. The molecule has 18 heavy (non-hydrogen) atoms. The molecule has 98 valence electrons. The van der Waals surface area contributed by atoms with Crippen molar-refractivity contribution in [3.63, 3.8) is 0 Å². The minimum Gasteiger partial charge on any atom is -0.497 e. The summed E-state index contributed by atoms with van der Waals surface area (Å²) in [4.78, 5) is 13.8. The van der Waals surface area contributed by atoms with Gasteiger partial charge in [0.1, 0.15) is 5.75 Å². The van der Waals surface area contributed by atoms with E-state index in [4.69, 9.17) is 4.74 Å². The number of piperazine rings is 1. The lowest BCUT2D eigenvalue weighted by molar-refractivity contribution is -0.141. The number of hydrogen-bond donors (Lipinski definition) is 2. The van der Waals surface area contributed by atoms with E-state index in [-0.39, 0.29) is 5.91 Å². The first-order chi connectivity index (χ1) is 8.72. The average Bonchev–Trinajstić information content (AvgIpc) is 2.46. The van der Waals surface area contributed by atoms with E-state index < -0.39 is 6.10 Å². The van der Waals surface area contributed by atoms with Crippen LogP contribution in [0, 0.1) is 0 Å². The maximum Gasteiger partial charge on any atom is 0.256 e. The number of benzene rings is 1. The van der Waals surface area contributed by atoms with Crippen LogP contribution in [0.4, 0.5) is 0 Å². The van der Waals surface area contributed by atoms with Gasteiger partial charge in [-0.05, 0) is 17.7 Å². The first kappa shape index (κ1) is 12.9. The number of nitrogens with zero attached hydrogens (tertiary/aromatic N) is 1. The number of carbonyl (C=O) groups is 1. The summed E-state index contributed by atoms with van der Waals surface area (Å²) in [6, 6.07) is 6.96. The van der Waals surface area contributed by atoms with Crippen LogP contribution >= 0.6 is 0 Å². The topological polar surface area (TPSA) is 61.8 Å².